The van der Waals surface area contributed by atoms with Crippen LogP contribution in [0.15, 0.2) is 33.2 Å². The summed E-state index contributed by atoms with van der Waals surface area (Å²) in [4.78, 5) is 9.68. The average Bonchev–Trinajstić information content (AvgIpc) is 2.94. The molecule has 100 valence electrons. The van der Waals surface area contributed by atoms with E-state index in [1.807, 2.05) is 17.5 Å². The molecule has 1 fully saturated rings. The van der Waals surface area contributed by atoms with E-state index in [1.54, 1.807) is 24.6 Å². The van der Waals surface area contributed by atoms with Crippen molar-refractivity contribution in [2.24, 2.45) is 4.99 Å². The molecule has 3 rings (SSSR count). The summed E-state index contributed by atoms with van der Waals surface area (Å²) in [5.41, 5.74) is 0.877. The van der Waals surface area contributed by atoms with Gasteiger partial charge in [-0.05, 0) is 24.3 Å². The lowest BCUT2D eigenvalue weighted by molar-refractivity contribution is 0.573. The minimum absolute atomic E-state index is 0.588. The first-order chi connectivity index (χ1) is 9.35. The number of hydrogen-bond acceptors (Lipinski definition) is 4. The van der Waals surface area contributed by atoms with Gasteiger partial charge in [-0.1, -0.05) is 6.07 Å². The number of nitrogens with zero attached hydrogens (tertiary/aromatic N) is 2. The number of thiophene rings is 1. The number of hydrogen-bond donors (Lipinski definition) is 2. The van der Waals surface area contributed by atoms with Gasteiger partial charge in [-0.15, -0.1) is 11.3 Å². The van der Waals surface area contributed by atoms with Crippen LogP contribution in [0.1, 0.15) is 18.5 Å². The Labute approximate surface area is 115 Å². The molecular formula is C13H16N4OS. The number of oxazole rings is 1. The van der Waals surface area contributed by atoms with E-state index in [-0.39, 0.29) is 0 Å². The highest BCUT2D eigenvalue weighted by atomic mass is 32.1. The first-order valence-corrected chi connectivity index (χ1v) is 7.18. The predicted molar refractivity (Wildman–Crippen MR) is 76.2 cm³/mol. The summed E-state index contributed by atoms with van der Waals surface area (Å²) in [7, 11) is 1.78. The molecule has 2 aromatic rings. The SMILES string of the molecule is CN=C(NCc1coc(-c2cccs2)n1)NC1CC1. The number of guanidine groups is 1. The molecule has 0 spiro atoms. The zero-order valence-corrected chi connectivity index (χ0v) is 11.5. The molecule has 1 aliphatic carbocycles. The topological polar surface area (TPSA) is 62.5 Å². The summed E-state index contributed by atoms with van der Waals surface area (Å²) in [5.74, 6) is 1.50. The van der Waals surface area contributed by atoms with Gasteiger partial charge in [0.2, 0.25) is 5.89 Å². The third kappa shape index (κ3) is 3.14. The van der Waals surface area contributed by atoms with Crippen LogP contribution in [0.25, 0.3) is 10.8 Å². The van der Waals surface area contributed by atoms with Crippen molar-refractivity contribution in [3.05, 3.63) is 29.5 Å². The molecular weight excluding hydrogens is 260 g/mol. The smallest absolute Gasteiger partial charge is 0.236 e. The largest absolute Gasteiger partial charge is 0.443 e. The zero-order valence-electron chi connectivity index (χ0n) is 10.7. The second-order valence-electron chi connectivity index (χ2n) is 4.47. The Morgan fingerprint density at radius 2 is 2.47 bits per heavy atom. The van der Waals surface area contributed by atoms with E-state index in [0.717, 1.165) is 16.5 Å². The highest BCUT2D eigenvalue weighted by Gasteiger charge is 2.22. The first kappa shape index (κ1) is 12.2. The van der Waals surface area contributed by atoms with Gasteiger partial charge in [0.1, 0.15) is 6.26 Å². The van der Waals surface area contributed by atoms with E-state index in [9.17, 15) is 0 Å². The quantitative estimate of drug-likeness (QED) is 0.664. The summed E-state index contributed by atoms with van der Waals surface area (Å²) >= 11 is 1.62. The molecule has 0 radical (unpaired) electrons. The molecule has 6 heteroatoms. The van der Waals surface area contributed by atoms with Gasteiger partial charge in [0.25, 0.3) is 0 Å². The van der Waals surface area contributed by atoms with Crippen molar-refractivity contribution in [2.45, 2.75) is 25.4 Å². The maximum absolute atomic E-state index is 5.47. The molecule has 2 aromatic heterocycles. The molecule has 2 heterocycles. The lowest BCUT2D eigenvalue weighted by Crippen LogP contribution is -2.38. The van der Waals surface area contributed by atoms with Gasteiger partial charge in [-0.3, -0.25) is 4.99 Å². The Bertz CT molecular complexity index is 557. The van der Waals surface area contributed by atoms with Crippen LogP contribution in [0.2, 0.25) is 0 Å². The number of nitrogens with one attached hydrogen (secondary N) is 2. The van der Waals surface area contributed by atoms with Crippen LogP contribution in [-0.2, 0) is 6.54 Å². The molecule has 0 aromatic carbocycles. The van der Waals surface area contributed by atoms with Gasteiger partial charge in [0.05, 0.1) is 17.1 Å². The van der Waals surface area contributed by atoms with Crippen LogP contribution in [0.5, 0.6) is 0 Å². The third-order valence-corrected chi connectivity index (χ3v) is 3.72. The van der Waals surface area contributed by atoms with Gasteiger partial charge in [-0.2, -0.15) is 0 Å². The molecule has 1 aliphatic rings. The van der Waals surface area contributed by atoms with Crippen LogP contribution >= 0.6 is 11.3 Å². The van der Waals surface area contributed by atoms with Crippen LogP contribution in [0, 0.1) is 0 Å². The Hall–Kier alpha value is -1.82. The Kier molecular flexibility index (Phi) is 3.50. The molecule has 0 amide bonds. The van der Waals surface area contributed by atoms with Gasteiger partial charge in [0, 0.05) is 13.1 Å². The molecule has 2 N–H and O–H groups in total. The van der Waals surface area contributed by atoms with Crippen molar-refractivity contribution in [3.63, 3.8) is 0 Å². The summed E-state index contributed by atoms with van der Waals surface area (Å²) in [6, 6.07) is 4.58. The lowest BCUT2D eigenvalue weighted by atomic mass is 10.4. The average molecular weight is 276 g/mol. The summed E-state index contributed by atoms with van der Waals surface area (Å²) in [6.45, 7) is 0.612. The molecule has 5 nitrogen and oxygen atoms in total. The monoisotopic (exact) mass is 276 g/mol. The molecule has 0 atom stereocenters. The second-order valence-corrected chi connectivity index (χ2v) is 5.41. The maximum atomic E-state index is 5.47. The summed E-state index contributed by atoms with van der Waals surface area (Å²) < 4.78 is 5.47. The Morgan fingerprint density at radius 1 is 1.58 bits per heavy atom. The Morgan fingerprint density at radius 3 is 3.16 bits per heavy atom. The maximum Gasteiger partial charge on any atom is 0.236 e. The fourth-order valence-corrected chi connectivity index (χ4v) is 2.35. The molecule has 0 bridgehead atoms. The fourth-order valence-electron chi connectivity index (χ4n) is 1.69. The minimum Gasteiger partial charge on any atom is -0.443 e. The van der Waals surface area contributed by atoms with Gasteiger partial charge in [-0.25, -0.2) is 4.98 Å². The predicted octanol–water partition coefficient (Wildman–Crippen LogP) is 2.23. The van der Waals surface area contributed by atoms with Gasteiger partial charge in [0.15, 0.2) is 5.96 Å². The molecule has 19 heavy (non-hydrogen) atoms. The van der Waals surface area contributed by atoms with Crippen molar-refractivity contribution in [2.75, 3.05) is 7.05 Å². The van der Waals surface area contributed by atoms with Crippen molar-refractivity contribution in [3.8, 4) is 10.8 Å². The Balaban J connectivity index is 1.57. The van der Waals surface area contributed by atoms with Crippen LogP contribution in [-0.4, -0.2) is 24.0 Å². The molecule has 0 saturated heterocycles. The van der Waals surface area contributed by atoms with E-state index >= 15 is 0 Å². The highest BCUT2D eigenvalue weighted by molar-refractivity contribution is 7.13. The van der Waals surface area contributed by atoms with Crippen molar-refractivity contribution in [1.29, 1.82) is 0 Å². The fraction of sp³-hybridized carbons (Fsp3) is 0.385. The zero-order chi connectivity index (χ0) is 13.1. The molecule has 1 saturated carbocycles. The van der Waals surface area contributed by atoms with E-state index < -0.39 is 0 Å². The van der Waals surface area contributed by atoms with E-state index in [0.29, 0.717) is 18.5 Å². The molecule has 0 unspecified atom stereocenters. The number of rotatable bonds is 4. The van der Waals surface area contributed by atoms with Crippen LogP contribution < -0.4 is 10.6 Å². The van der Waals surface area contributed by atoms with E-state index in [4.69, 9.17) is 4.42 Å². The molecule has 0 aliphatic heterocycles. The van der Waals surface area contributed by atoms with Crippen molar-refractivity contribution < 1.29 is 4.42 Å². The standard InChI is InChI=1S/C13H16N4OS/c1-14-13(17-9-4-5-9)15-7-10-8-18-12(16-10)11-3-2-6-19-11/h2-3,6,8-9H,4-5,7H2,1H3,(H2,14,15,17). The van der Waals surface area contributed by atoms with Crippen LogP contribution in [0.3, 0.4) is 0 Å². The third-order valence-electron chi connectivity index (χ3n) is 2.86. The first-order valence-electron chi connectivity index (χ1n) is 6.30. The van der Waals surface area contributed by atoms with Gasteiger partial charge >= 0.3 is 0 Å². The number of aliphatic imine (C=N–C) groups is 1. The normalized spacial score (nSPS) is 15.5. The van der Waals surface area contributed by atoms with Gasteiger partial charge < -0.3 is 15.1 Å². The van der Waals surface area contributed by atoms with Crippen LogP contribution in [0.4, 0.5) is 0 Å². The van der Waals surface area contributed by atoms with Crippen molar-refractivity contribution >= 4 is 17.3 Å². The summed E-state index contributed by atoms with van der Waals surface area (Å²) in [5, 5.41) is 8.58. The summed E-state index contributed by atoms with van der Waals surface area (Å²) in [6.07, 6.45) is 4.15. The van der Waals surface area contributed by atoms with E-state index in [1.165, 1.54) is 12.8 Å². The minimum atomic E-state index is 0.588. The number of aromatic nitrogens is 1. The van der Waals surface area contributed by atoms with E-state index in [2.05, 4.69) is 20.6 Å². The lowest BCUT2D eigenvalue weighted by Gasteiger charge is -2.09. The second kappa shape index (κ2) is 5.44. The highest BCUT2D eigenvalue weighted by Crippen LogP contribution is 2.23. The van der Waals surface area contributed by atoms with Crippen molar-refractivity contribution in [1.82, 2.24) is 15.6 Å².